The molecule has 0 aliphatic carbocycles. The van der Waals surface area contributed by atoms with Gasteiger partial charge in [0.05, 0.1) is 44.0 Å². The van der Waals surface area contributed by atoms with E-state index in [9.17, 15) is 10.1 Å². The normalized spacial score (nSPS) is 21.4. The van der Waals surface area contributed by atoms with Crippen molar-refractivity contribution in [3.63, 3.8) is 0 Å². The van der Waals surface area contributed by atoms with Crippen LogP contribution >= 0.6 is 0 Å². The molecule has 3 heterocycles. The number of hydrogen-bond acceptors (Lipinski definition) is 9. The minimum Gasteiger partial charge on any atom is -0.468 e. The van der Waals surface area contributed by atoms with Crippen molar-refractivity contribution in [1.29, 1.82) is 5.26 Å². The fourth-order valence-corrected chi connectivity index (χ4v) is 4.25. The number of esters is 1. The van der Waals surface area contributed by atoms with Crippen LogP contribution < -0.4 is 5.32 Å². The molecular weight excluding hydrogens is 398 g/mol. The molecule has 0 spiro atoms. The van der Waals surface area contributed by atoms with Crippen molar-refractivity contribution in [2.75, 3.05) is 58.5 Å². The van der Waals surface area contributed by atoms with Crippen LogP contribution in [0.3, 0.4) is 0 Å². The van der Waals surface area contributed by atoms with Gasteiger partial charge in [0.2, 0.25) is 0 Å². The van der Waals surface area contributed by atoms with E-state index in [1.165, 1.54) is 7.11 Å². The molecule has 2 aliphatic rings. The van der Waals surface area contributed by atoms with Gasteiger partial charge in [-0.15, -0.1) is 0 Å². The fourth-order valence-electron chi connectivity index (χ4n) is 4.25. The molecule has 1 aromatic heterocycles. The maximum atomic E-state index is 12.2. The first-order chi connectivity index (χ1) is 15.2. The highest BCUT2D eigenvalue weighted by atomic mass is 16.5. The van der Waals surface area contributed by atoms with E-state index in [1.54, 1.807) is 0 Å². The number of rotatable bonds is 7. The van der Waals surface area contributed by atoms with E-state index in [-0.39, 0.29) is 11.7 Å². The molecule has 2 aliphatic heterocycles. The van der Waals surface area contributed by atoms with Gasteiger partial charge in [-0.3, -0.25) is 9.69 Å². The van der Waals surface area contributed by atoms with Gasteiger partial charge >= 0.3 is 5.97 Å². The van der Waals surface area contributed by atoms with Gasteiger partial charge in [0.1, 0.15) is 5.69 Å². The number of carbonyl (C=O) groups is 1. The van der Waals surface area contributed by atoms with Crippen molar-refractivity contribution in [2.24, 2.45) is 5.92 Å². The molecular formula is C22H27N5O4. The third kappa shape index (κ3) is 4.77. The van der Waals surface area contributed by atoms with E-state index in [4.69, 9.17) is 19.2 Å². The second-order valence-corrected chi connectivity index (χ2v) is 7.75. The smallest absolute Gasteiger partial charge is 0.329 e. The number of anilines is 1. The van der Waals surface area contributed by atoms with Crippen LogP contribution in [0.1, 0.15) is 18.0 Å². The Balaban J connectivity index is 1.64. The summed E-state index contributed by atoms with van der Waals surface area (Å²) in [6, 6.07) is 9.65. The number of methoxy groups -OCH3 is 1. The number of para-hydroxylation sites is 2. The van der Waals surface area contributed by atoms with Gasteiger partial charge in [0, 0.05) is 38.2 Å². The quantitative estimate of drug-likeness (QED) is 0.661. The molecule has 2 aromatic rings. The molecule has 1 N–H and O–H groups in total. The van der Waals surface area contributed by atoms with Gasteiger partial charge in [0.15, 0.2) is 11.7 Å². The van der Waals surface area contributed by atoms with Gasteiger partial charge in [-0.25, -0.2) is 9.97 Å². The Bertz CT molecular complexity index is 951. The average molecular weight is 425 g/mol. The van der Waals surface area contributed by atoms with E-state index >= 15 is 0 Å². The zero-order chi connectivity index (χ0) is 21.6. The maximum Gasteiger partial charge on any atom is 0.329 e. The van der Waals surface area contributed by atoms with Crippen LogP contribution in [-0.4, -0.2) is 80.1 Å². The lowest BCUT2D eigenvalue weighted by Crippen LogP contribution is -2.50. The van der Waals surface area contributed by atoms with Gasteiger partial charge < -0.3 is 19.5 Å². The van der Waals surface area contributed by atoms with Crippen molar-refractivity contribution in [1.82, 2.24) is 14.9 Å². The molecule has 4 rings (SSSR count). The SMILES string of the molecule is COC(=O)C(C#N)c1nc2ccccc2nc1NCC(C1CCOC1)N1CCOCC1. The molecule has 0 saturated carbocycles. The number of ether oxygens (including phenoxy) is 3. The molecule has 0 bridgehead atoms. The van der Waals surface area contributed by atoms with Crippen LogP contribution in [0.2, 0.25) is 0 Å². The second-order valence-electron chi connectivity index (χ2n) is 7.75. The average Bonchev–Trinajstić information content (AvgIpc) is 3.35. The summed E-state index contributed by atoms with van der Waals surface area (Å²) >= 11 is 0. The highest BCUT2D eigenvalue weighted by Gasteiger charge is 2.33. The van der Waals surface area contributed by atoms with Crippen molar-refractivity contribution in [3.8, 4) is 6.07 Å². The third-order valence-corrected chi connectivity index (χ3v) is 5.94. The zero-order valence-electron chi connectivity index (χ0n) is 17.6. The number of morpholine rings is 1. The van der Waals surface area contributed by atoms with Crippen molar-refractivity contribution in [3.05, 3.63) is 30.0 Å². The zero-order valence-corrected chi connectivity index (χ0v) is 17.6. The number of nitrogens with one attached hydrogen (secondary N) is 1. The number of nitrogens with zero attached hydrogens (tertiary/aromatic N) is 4. The summed E-state index contributed by atoms with van der Waals surface area (Å²) in [5, 5.41) is 13.0. The van der Waals surface area contributed by atoms with E-state index in [1.807, 2.05) is 30.3 Å². The molecule has 164 valence electrons. The Morgan fingerprint density at radius 1 is 1.26 bits per heavy atom. The lowest BCUT2D eigenvalue weighted by molar-refractivity contribution is -0.141. The van der Waals surface area contributed by atoms with Crippen molar-refractivity contribution < 1.29 is 19.0 Å². The number of nitriles is 1. The Labute approximate surface area is 181 Å². The number of benzene rings is 1. The van der Waals surface area contributed by atoms with Crippen molar-refractivity contribution >= 4 is 22.8 Å². The topological polar surface area (TPSA) is 110 Å². The Morgan fingerprint density at radius 3 is 2.65 bits per heavy atom. The molecule has 3 atom stereocenters. The summed E-state index contributed by atoms with van der Waals surface area (Å²) in [7, 11) is 1.27. The van der Waals surface area contributed by atoms with Gasteiger partial charge in [0.25, 0.3) is 0 Å². The Kier molecular flexibility index (Phi) is 6.92. The molecule has 9 nitrogen and oxygen atoms in total. The third-order valence-electron chi connectivity index (χ3n) is 5.94. The molecule has 1 aromatic carbocycles. The maximum absolute atomic E-state index is 12.2. The standard InChI is InChI=1S/C22H27N5O4/c1-29-22(28)16(12-23)20-21(26-18-5-3-2-4-17(18)25-20)24-13-19(15-6-9-31-14-15)27-7-10-30-11-8-27/h2-5,15-16,19H,6-11,13-14H2,1H3,(H,24,26). The predicted octanol–water partition coefficient (Wildman–Crippen LogP) is 1.56. The highest BCUT2D eigenvalue weighted by molar-refractivity contribution is 5.84. The summed E-state index contributed by atoms with van der Waals surface area (Å²) in [5.41, 5.74) is 1.61. The first kappa shape index (κ1) is 21.4. The summed E-state index contributed by atoms with van der Waals surface area (Å²) < 4.78 is 16.0. The van der Waals surface area contributed by atoms with E-state index in [0.717, 1.165) is 32.7 Å². The van der Waals surface area contributed by atoms with E-state index in [0.29, 0.717) is 42.5 Å². The monoisotopic (exact) mass is 425 g/mol. The summed E-state index contributed by atoms with van der Waals surface area (Å²) in [6.07, 6.45) is 1.00. The molecule has 31 heavy (non-hydrogen) atoms. The minimum atomic E-state index is -1.15. The minimum absolute atomic E-state index is 0.228. The first-order valence-corrected chi connectivity index (χ1v) is 10.6. The number of carbonyl (C=O) groups excluding carboxylic acids is 1. The van der Waals surface area contributed by atoms with E-state index in [2.05, 4.69) is 15.2 Å². The summed E-state index contributed by atoms with van der Waals surface area (Å²) in [4.78, 5) is 24.0. The lowest BCUT2D eigenvalue weighted by Gasteiger charge is -2.37. The summed E-state index contributed by atoms with van der Waals surface area (Å²) in [6.45, 7) is 5.25. The van der Waals surface area contributed by atoms with Crippen LogP contribution in [0.15, 0.2) is 24.3 Å². The number of fused-ring (bicyclic) bond motifs is 1. The second kappa shape index (κ2) is 10.0. The van der Waals surface area contributed by atoms with Crippen LogP contribution in [-0.2, 0) is 19.0 Å². The largest absolute Gasteiger partial charge is 0.468 e. The highest BCUT2D eigenvalue weighted by Crippen LogP contribution is 2.27. The fraction of sp³-hybridized carbons (Fsp3) is 0.545. The number of hydrogen-bond donors (Lipinski definition) is 1. The van der Waals surface area contributed by atoms with Gasteiger partial charge in [-0.1, -0.05) is 12.1 Å². The molecule has 3 unspecified atom stereocenters. The molecule has 0 radical (unpaired) electrons. The molecule has 2 fully saturated rings. The summed E-state index contributed by atoms with van der Waals surface area (Å²) in [5.74, 6) is -0.965. The van der Waals surface area contributed by atoms with Crippen LogP contribution in [0, 0.1) is 17.2 Å². The molecule has 9 heteroatoms. The number of aromatic nitrogens is 2. The first-order valence-electron chi connectivity index (χ1n) is 10.6. The van der Waals surface area contributed by atoms with Gasteiger partial charge in [-0.2, -0.15) is 5.26 Å². The van der Waals surface area contributed by atoms with Crippen LogP contribution in [0.4, 0.5) is 5.82 Å². The van der Waals surface area contributed by atoms with Crippen LogP contribution in [0.5, 0.6) is 0 Å². The Morgan fingerprint density at radius 2 is 2.00 bits per heavy atom. The van der Waals surface area contributed by atoms with Crippen LogP contribution in [0.25, 0.3) is 11.0 Å². The Hall–Kier alpha value is -2.80. The van der Waals surface area contributed by atoms with E-state index < -0.39 is 11.9 Å². The molecule has 2 saturated heterocycles. The van der Waals surface area contributed by atoms with Gasteiger partial charge in [-0.05, 0) is 18.6 Å². The predicted molar refractivity (Wildman–Crippen MR) is 114 cm³/mol. The molecule has 0 amide bonds. The van der Waals surface area contributed by atoms with Crippen molar-refractivity contribution in [2.45, 2.75) is 18.4 Å². The lowest BCUT2D eigenvalue weighted by atomic mass is 9.96.